The van der Waals surface area contributed by atoms with E-state index >= 15 is 0 Å². The van der Waals surface area contributed by atoms with Crippen LogP contribution in [-0.4, -0.2) is 18.5 Å². The Morgan fingerprint density at radius 3 is 2.84 bits per heavy atom. The molecule has 0 fully saturated rings. The van der Waals surface area contributed by atoms with E-state index in [9.17, 15) is 4.79 Å². The molecule has 4 rings (SSSR count). The molecule has 1 atom stereocenters. The molecule has 0 aliphatic carbocycles. The van der Waals surface area contributed by atoms with Crippen molar-refractivity contribution in [3.05, 3.63) is 71.0 Å². The highest BCUT2D eigenvalue weighted by Gasteiger charge is 2.29. The third-order valence-electron chi connectivity index (χ3n) is 4.26. The lowest BCUT2D eigenvalue weighted by Crippen LogP contribution is -2.18. The molecule has 2 aromatic rings. The number of ketones is 1. The van der Waals surface area contributed by atoms with Crippen molar-refractivity contribution >= 4 is 11.9 Å². The molecule has 4 heteroatoms. The SMILES string of the molecule is CCOc1ccc2c(c1)O/C(=C\C1=Cc3ccccc3OC1C)C2=O. The van der Waals surface area contributed by atoms with Gasteiger partial charge in [-0.15, -0.1) is 0 Å². The lowest BCUT2D eigenvalue weighted by atomic mass is 10.0. The van der Waals surface area contributed by atoms with Gasteiger partial charge in [-0.1, -0.05) is 18.2 Å². The highest BCUT2D eigenvalue weighted by molar-refractivity contribution is 6.12. The molecule has 0 radical (unpaired) electrons. The molecule has 2 aliphatic rings. The first-order valence-corrected chi connectivity index (χ1v) is 8.34. The second kappa shape index (κ2) is 6.13. The number of ether oxygens (including phenoxy) is 3. The first-order valence-electron chi connectivity index (χ1n) is 8.34. The van der Waals surface area contributed by atoms with Crippen LogP contribution >= 0.6 is 0 Å². The van der Waals surface area contributed by atoms with Crippen molar-refractivity contribution in [3.8, 4) is 17.2 Å². The maximum atomic E-state index is 12.6. The van der Waals surface area contributed by atoms with Crippen LogP contribution in [0.2, 0.25) is 0 Å². The molecule has 0 bridgehead atoms. The summed E-state index contributed by atoms with van der Waals surface area (Å²) in [5, 5.41) is 0. The Bertz CT molecular complexity index is 908. The molecule has 0 saturated carbocycles. The Morgan fingerprint density at radius 1 is 1.16 bits per heavy atom. The van der Waals surface area contributed by atoms with Gasteiger partial charge in [-0.3, -0.25) is 4.79 Å². The molecule has 0 amide bonds. The van der Waals surface area contributed by atoms with Crippen molar-refractivity contribution in [1.29, 1.82) is 0 Å². The number of carbonyl (C=O) groups excluding carboxylic acids is 1. The smallest absolute Gasteiger partial charge is 0.231 e. The van der Waals surface area contributed by atoms with Crippen LogP contribution in [0.4, 0.5) is 0 Å². The summed E-state index contributed by atoms with van der Waals surface area (Å²) in [6, 6.07) is 13.1. The van der Waals surface area contributed by atoms with Gasteiger partial charge in [-0.2, -0.15) is 0 Å². The summed E-state index contributed by atoms with van der Waals surface area (Å²) >= 11 is 0. The van der Waals surface area contributed by atoms with Crippen LogP contribution in [0.25, 0.3) is 6.08 Å². The van der Waals surface area contributed by atoms with Crippen LogP contribution < -0.4 is 14.2 Å². The highest BCUT2D eigenvalue weighted by Crippen LogP contribution is 2.36. The molecule has 2 heterocycles. The second-order valence-electron chi connectivity index (χ2n) is 5.97. The van der Waals surface area contributed by atoms with Gasteiger partial charge in [0.1, 0.15) is 23.4 Å². The number of hydrogen-bond acceptors (Lipinski definition) is 4. The minimum absolute atomic E-state index is 0.120. The molecular formula is C21H18O4. The average Bonchev–Trinajstić information content (AvgIpc) is 2.91. The zero-order valence-electron chi connectivity index (χ0n) is 14.1. The number of benzene rings is 2. The maximum Gasteiger partial charge on any atom is 0.231 e. The standard InChI is InChI=1S/C21H18O4/c1-3-23-16-8-9-17-19(12-16)25-20(21(17)22)11-15-10-14-6-4-5-7-18(14)24-13(15)2/h4-13H,3H2,1-2H3/b20-11-. The number of hydrogen-bond donors (Lipinski definition) is 0. The first-order chi connectivity index (χ1) is 12.2. The molecule has 2 aromatic carbocycles. The fourth-order valence-electron chi connectivity index (χ4n) is 3.00. The van der Waals surface area contributed by atoms with Gasteiger partial charge in [0.15, 0.2) is 5.76 Å². The molecule has 126 valence electrons. The number of Topliss-reactive ketones (excluding diaryl/α,β-unsaturated/α-hetero) is 1. The Morgan fingerprint density at radius 2 is 2.00 bits per heavy atom. The highest BCUT2D eigenvalue weighted by atomic mass is 16.5. The lowest BCUT2D eigenvalue weighted by Gasteiger charge is -2.22. The first kappa shape index (κ1) is 15.5. The van der Waals surface area contributed by atoms with E-state index in [0.717, 1.165) is 16.9 Å². The predicted octanol–water partition coefficient (Wildman–Crippen LogP) is 4.41. The topological polar surface area (TPSA) is 44.8 Å². The van der Waals surface area contributed by atoms with Gasteiger partial charge in [-0.05, 0) is 49.8 Å². The van der Waals surface area contributed by atoms with E-state index in [1.807, 2.05) is 44.2 Å². The Kier molecular flexibility index (Phi) is 3.80. The summed E-state index contributed by atoms with van der Waals surface area (Å²) in [5.41, 5.74) is 2.45. The quantitative estimate of drug-likeness (QED) is 0.780. The molecule has 25 heavy (non-hydrogen) atoms. The van der Waals surface area contributed by atoms with Crippen LogP contribution in [0.5, 0.6) is 17.2 Å². The van der Waals surface area contributed by atoms with E-state index in [4.69, 9.17) is 14.2 Å². The summed E-state index contributed by atoms with van der Waals surface area (Å²) in [6.45, 7) is 4.44. The number of rotatable bonds is 3. The van der Waals surface area contributed by atoms with E-state index in [2.05, 4.69) is 0 Å². The van der Waals surface area contributed by atoms with Crippen molar-refractivity contribution in [2.24, 2.45) is 0 Å². The van der Waals surface area contributed by atoms with Gasteiger partial charge in [-0.25, -0.2) is 0 Å². The number of carbonyl (C=O) groups is 1. The molecular weight excluding hydrogens is 316 g/mol. The Hall–Kier alpha value is -3.01. The van der Waals surface area contributed by atoms with Gasteiger partial charge in [0.2, 0.25) is 5.78 Å². The molecule has 2 aliphatic heterocycles. The monoisotopic (exact) mass is 334 g/mol. The van der Waals surface area contributed by atoms with Gasteiger partial charge in [0.05, 0.1) is 12.2 Å². The molecule has 0 spiro atoms. The van der Waals surface area contributed by atoms with Gasteiger partial charge < -0.3 is 14.2 Å². The van der Waals surface area contributed by atoms with E-state index in [-0.39, 0.29) is 11.9 Å². The van der Waals surface area contributed by atoms with Crippen LogP contribution in [0.1, 0.15) is 29.8 Å². The molecule has 4 nitrogen and oxygen atoms in total. The zero-order chi connectivity index (χ0) is 17.4. The van der Waals surface area contributed by atoms with Gasteiger partial charge in [0.25, 0.3) is 0 Å². The fraction of sp³-hybridized carbons (Fsp3) is 0.190. The summed E-state index contributed by atoms with van der Waals surface area (Å²) in [6.07, 6.45) is 3.65. The number of para-hydroxylation sites is 1. The Labute approximate surface area is 146 Å². The molecule has 0 saturated heterocycles. The van der Waals surface area contributed by atoms with E-state index in [1.54, 1.807) is 24.3 Å². The summed E-state index contributed by atoms with van der Waals surface area (Å²) in [7, 11) is 0. The minimum atomic E-state index is -0.151. The molecule has 0 aromatic heterocycles. The second-order valence-corrected chi connectivity index (χ2v) is 5.97. The predicted molar refractivity (Wildman–Crippen MR) is 95.2 cm³/mol. The third kappa shape index (κ3) is 2.80. The lowest BCUT2D eigenvalue weighted by molar-refractivity contribution is 0.101. The summed E-state index contributed by atoms with van der Waals surface area (Å²) in [4.78, 5) is 12.6. The fourth-order valence-corrected chi connectivity index (χ4v) is 3.00. The van der Waals surface area contributed by atoms with E-state index in [0.29, 0.717) is 29.4 Å². The van der Waals surface area contributed by atoms with Crippen molar-refractivity contribution in [1.82, 2.24) is 0 Å². The summed E-state index contributed by atoms with van der Waals surface area (Å²) in [5.74, 6) is 2.26. The maximum absolute atomic E-state index is 12.6. The number of allylic oxidation sites excluding steroid dienone is 1. The largest absolute Gasteiger partial charge is 0.494 e. The summed E-state index contributed by atoms with van der Waals surface area (Å²) < 4.78 is 17.2. The average molecular weight is 334 g/mol. The van der Waals surface area contributed by atoms with Crippen LogP contribution in [0.15, 0.2) is 59.9 Å². The van der Waals surface area contributed by atoms with Crippen molar-refractivity contribution in [2.45, 2.75) is 20.0 Å². The molecule has 0 N–H and O–H groups in total. The van der Waals surface area contributed by atoms with Crippen LogP contribution in [0, 0.1) is 0 Å². The zero-order valence-corrected chi connectivity index (χ0v) is 14.1. The van der Waals surface area contributed by atoms with E-state index < -0.39 is 0 Å². The van der Waals surface area contributed by atoms with Crippen LogP contribution in [0.3, 0.4) is 0 Å². The normalized spacial score (nSPS) is 19.6. The van der Waals surface area contributed by atoms with Gasteiger partial charge in [0, 0.05) is 11.6 Å². The van der Waals surface area contributed by atoms with E-state index in [1.165, 1.54) is 0 Å². The van der Waals surface area contributed by atoms with Crippen molar-refractivity contribution < 1.29 is 19.0 Å². The molecule has 1 unspecified atom stereocenters. The number of fused-ring (bicyclic) bond motifs is 2. The Balaban J connectivity index is 1.66. The van der Waals surface area contributed by atoms with Crippen LogP contribution in [-0.2, 0) is 0 Å². The minimum Gasteiger partial charge on any atom is -0.494 e. The van der Waals surface area contributed by atoms with Gasteiger partial charge >= 0.3 is 0 Å². The van der Waals surface area contributed by atoms with Crippen molar-refractivity contribution in [2.75, 3.05) is 6.61 Å². The van der Waals surface area contributed by atoms with Crippen molar-refractivity contribution in [3.63, 3.8) is 0 Å². The third-order valence-corrected chi connectivity index (χ3v) is 4.26.